The Kier molecular flexibility index (Phi) is 5.55. The number of H-pyrrole nitrogens is 1. The lowest BCUT2D eigenvalue weighted by Crippen LogP contribution is -2.41. The molecule has 2 heterocycles. The van der Waals surface area contributed by atoms with Gasteiger partial charge in [0.15, 0.2) is 5.82 Å². The fourth-order valence-corrected chi connectivity index (χ4v) is 2.15. The minimum absolute atomic E-state index is 0. The predicted molar refractivity (Wildman–Crippen MR) is 88.3 cm³/mol. The monoisotopic (exact) mass is 355 g/mol. The van der Waals surface area contributed by atoms with Crippen LogP contribution in [0.2, 0.25) is 0 Å². The molecule has 1 saturated carbocycles. The molecule has 3 N–H and O–H groups in total. The van der Waals surface area contributed by atoms with E-state index in [1.54, 1.807) is 0 Å². The van der Waals surface area contributed by atoms with Crippen molar-refractivity contribution in [1.82, 2.24) is 36.0 Å². The van der Waals surface area contributed by atoms with Crippen molar-refractivity contribution < 1.29 is 9.32 Å². The first kappa shape index (κ1) is 18.3. The van der Waals surface area contributed by atoms with Crippen molar-refractivity contribution in [1.29, 1.82) is 0 Å². The molecule has 1 aliphatic carbocycles. The van der Waals surface area contributed by atoms with Crippen LogP contribution in [0, 0.1) is 5.41 Å². The maximum absolute atomic E-state index is 12.1. The van der Waals surface area contributed by atoms with Crippen molar-refractivity contribution in [2.24, 2.45) is 5.41 Å². The standard InChI is InChI=1S/C14H21N7O2.ClH/c1-14(2,3)10(18-9(22)6-15-8-4-5-8)13-19-12(21-23-13)11-16-7-17-20-11;/h7-8,10,15H,4-6H2,1-3H3,(H,18,22)(H,16,17,20);1H. The molecule has 0 aliphatic heterocycles. The first-order valence-electron chi connectivity index (χ1n) is 7.65. The Morgan fingerprint density at radius 1 is 1.46 bits per heavy atom. The number of rotatable bonds is 6. The second-order valence-corrected chi connectivity index (χ2v) is 6.81. The molecule has 1 aliphatic rings. The number of aromatic nitrogens is 5. The van der Waals surface area contributed by atoms with Gasteiger partial charge in [0.2, 0.25) is 17.6 Å². The van der Waals surface area contributed by atoms with Gasteiger partial charge in [-0.2, -0.15) is 10.1 Å². The average Bonchev–Trinajstić information content (AvgIpc) is 2.97. The Morgan fingerprint density at radius 2 is 2.21 bits per heavy atom. The lowest BCUT2D eigenvalue weighted by molar-refractivity contribution is -0.122. The Bertz CT molecular complexity index is 661. The van der Waals surface area contributed by atoms with Crippen LogP contribution in [0.25, 0.3) is 11.6 Å². The number of carbonyl (C=O) groups excluding carboxylic acids is 1. The molecule has 1 unspecified atom stereocenters. The summed E-state index contributed by atoms with van der Waals surface area (Å²) in [4.78, 5) is 20.5. The highest BCUT2D eigenvalue weighted by molar-refractivity contribution is 5.85. The van der Waals surface area contributed by atoms with E-state index in [1.165, 1.54) is 6.33 Å². The van der Waals surface area contributed by atoms with Crippen LogP contribution in [-0.2, 0) is 4.79 Å². The first-order chi connectivity index (χ1) is 10.9. The van der Waals surface area contributed by atoms with Gasteiger partial charge in [0.1, 0.15) is 12.4 Å². The van der Waals surface area contributed by atoms with E-state index >= 15 is 0 Å². The van der Waals surface area contributed by atoms with Gasteiger partial charge in [-0.15, -0.1) is 12.4 Å². The third-order valence-corrected chi connectivity index (χ3v) is 3.62. The summed E-state index contributed by atoms with van der Waals surface area (Å²) < 4.78 is 5.33. The van der Waals surface area contributed by atoms with E-state index in [4.69, 9.17) is 4.52 Å². The Balaban J connectivity index is 0.00000208. The first-order valence-corrected chi connectivity index (χ1v) is 7.65. The molecule has 2 aromatic heterocycles. The highest BCUT2D eigenvalue weighted by Crippen LogP contribution is 2.32. The molecule has 0 bridgehead atoms. The van der Waals surface area contributed by atoms with Gasteiger partial charge in [0, 0.05) is 6.04 Å². The Labute approximate surface area is 145 Å². The molecule has 1 fully saturated rings. The van der Waals surface area contributed by atoms with E-state index in [2.05, 4.69) is 36.0 Å². The zero-order valence-electron chi connectivity index (χ0n) is 13.9. The third kappa shape index (κ3) is 4.51. The zero-order chi connectivity index (χ0) is 16.4. The van der Waals surface area contributed by atoms with Crippen molar-refractivity contribution in [3.8, 4) is 11.6 Å². The maximum atomic E-state index is 12.1. The summed E-state index contributed by atoms with van der Waals surface area (Å²) in [5.41, 5.74) is -0.277. The largest absolute Gasteiger partial charge is 0.343 e. The summed E-state index contributed by atoms with van der Waals surface area (Å²) in [5.74, 6) is 1.01. The fraction of sp³-hybridized carbons (Fsp3) is 0.643. The topological polar surface area (TPSA) is 122 Å². The zero-order valence-corrected chi connectivity index (χ0v) is 14.7. The molecular weight excluding hydrogens is 334 g/mol. The summed E-state index contributed by atoms with van der Waals surface area (Å²) in [5, 5.41) is 16.5. The van der Waals surface area contributed by atoms with Crippen molar-refractivity contribution >= 4 is 18.3 Å². The normalized spacial score (nSPS) is 15.6. The van der Waals surface area contributed by atoms with Gasteiger partial charge in [-0.05, 0) is 18.3 Å². The predicted octanol–water partition coefficient (Wildman–Crippen LogP) is 1.23. The van der Waals surface area contributed by atoms with Gasteiger partial charge in [0.25, 0.3) is 0 Å². The van der Waals surface area contributed by atoms with E-state index in [-0.39, 0.29) is 29.8 Å². The van der Waals surface area contributed by atoms with Crippen LogP contribution in [0.15, 0.2) is 10.9 Å². The van der Waals surface area contributed by atoms with Crippen molar-refractivity contribution in [3.63, 3.8) is 0 Å². The lowest BCUT2D eigenvalue weighted by Gasteiger charge is -2.28. The lowest BCUT2D eigenvalue weighted by atomic mass is 9.86. The Morgan fingerprint density at radius 3 is 2.79 bits per heavy atom. The van der Waals surface area contributed by atoms with E-state index in [1.807, 2.05) is 20.8 Å². The van der Waals surface area contributed by atoms with Crippen LogP contribution in [0.1, 0.15) is 45.5 Å². The fourth-order valence-electron chi connectivity index (χ4n) is 2.15. The molecule has 0 aromatic carbocycles. The van der Waals surface area contributed by atoms with Gasteiger partial charge in [-0.25, -0.2) is 4.98 Å². The van der Waals surface area contributed by atoms with E-state index < -0.39 is 0 Å². The van der Waals surface area contributed by atoms with Gasteiger partial charge in [-0.3, -0.25) is 9.89 Å². The van der Waals surface area contributed by atoms with Gasteiger partial charge in [0.05, 0.1) is 6.54 Å². The van der Waals surface area contributed by atoms with Crippen LogP contribution in [0.4, 0.5) is 0 Å². The third-order valence-electron chi connectivity index (χ3n) is 3.62. The van der Waals surface area contributed by atoms with E-state index in [0.717, 1.165) is 12.8 Å². The number of halogens is 1. The summed E-state index contributed by atoms with van der Waals surface area (Å²) in [6.07, 6.45) is 3.65. The van der Waals surface area contributed by atoms with Crippen molar-refractivity contribution in [3.05, 3.63) is 12.2 Å². The maximum Gasteiger partial charge on any atom is 0.250 e. The van der Waals surface area contributed by atoms with Gasteiger partial charge in [-0.1, -0.05) is 25.9 Å². The molecule has 0 saturated heterocycles. The van der Waals surface area contributed by atoms with E-state index in [0.29, 0.717) is 30.1 Å². The number of nitrogens with one attached hydrogen (secondary N) is 3. The molecule has 1 amide bonds. The molecule has 1 atom stereocenters. The molecule has 132 valence electrons. The summed E-state index contributed by atoms with van der Waals surface area (Å²) in [6, 6.07) is 0.0930. The number of hydrogen-bond acceptors (Lipinski definition) is 7. The number of nitrogens with zero attached hydrogens (tertiary/aromatic N) is 4. The minimum Gasteiger partial charge on any atom is -0.343 e. The molecule has 2 aromatic rings. The van der Waals surface area contributed by atoms with Crippen molar-refractivity contribution in [2.75, 3.05) is 6.54 Å². The highest BCUT2D eigenvalue weighted by atomic mass is 35.5. The molecular formula is C14H22ClN7O2. The smallest absolute Gasteiger partial charge is 0.250 e. The molecule has 3 rings (SSSR count). The molecule has 0 radical (unpaired) electrons. The van der Waals surface area contributed by atoms with Crippen LogP contribution < -0.4 is 10.6 Å². The highest BCUT2D eigenvalue weighted by Gasteiger charge is 2.33. The summed E-state index contributed by atoms with van der Waals surface area (Å²) >= 11 is 0. The van der Waals surface area contributed by atoms with Crippen LogP contribution in [-0.4, -0.2) is 43.8 Å². The number of amides is 1. The van der Waals surface area contributed by atoms with Crippen LogP contribution >= 0.6 is 12.4 Å². The molecule has 0 spiro atoms. The van der Waals surface area contributed by atoms with Gasteiger partial charge >= 0.3 is 0 Å². The molecule has 10 heteroatoms. The van der Waals surface area contributed by atoms with Crippen LogP contribution in [0.5, 0.6) is 0 Å². The second-order valence-electron chi connectivity index (χ2n) is 6.81. The van der Waals surface area contributed by atoms with Crippen LogP contribution in [0.3, 0.4) is 0 Å². The van der Waals surface area contributed by atoms with Gasteiger partial charge < -0.3 is 15.2 Å². The number of carbonyl (C=O) groups is 1. The number of hydrogen-bond donors (Lipinski definition) is 3. The SMILES string of the molecule is CC(C)(C)C(NC(=O)CNC1CC1)c1nc(-c2ncn[nH]2)no1.Cl. The Hall–Kier alpha value is -2.00. The molecule has 9 nitrogen and oxygen atoms in total. The summed E-state index contributed by atoms with van der Waals surface area (Å²) in [7, 11) is 0. The second kappa shape index (κ2) is 7.27. The van der Waals surface area contributed by atoms with E-state index in [9.17, 15) is 4.79 Å². The van der Waals surface area contributed by atoms with Crippen molar-refractivity contribution in [2.45, 2.75) is 45.7 Å². The molecule has 24 heavy (non-hydrogen) atoms. The minimum atomic E-state index is -0.389. The quantitative estimate of drug-likeness (QED) is 0.712. The number of aromatic amines is 1. The summed E-state index contributed by atoms with van der Waals surface area (Å²) in [6.45, 7) is 6.31. The average molecular weight is 356 g/mol.